The highest BCUT2D eigenvalue weighted by Gasteiger charge is 2.26. The van der Waals surface area contributed by atoms with E-state index < -0.39 is 0 Å². The highest BCUT2D eigenvalue weighted by atomic mass is 16.5. The van der Waals surface area contributed by atoms with Crippen LogP contribution in [-0.4, -0.2) is 47.5 Å². The summed E-state index contributed by atoms with van der Waals surface area (Å²) in [6, 6.07) is 12.2. The summed E-state index contributed by atoms with van der Waals surface area (Å²) >= 11 is 0. The lowest BCUT2D eigenvalue weighted by Gasteiger charge is -2.16. The molecule has 0 aliphatic carbocycles. The van der Waals surface area contributed by atoms with Crippen LogP contribution >= 0.6 is 0 Å². The first-order chi connectivity index (χ1) is 12.2. The van der Waals surface area contributed by atoms with E-state index in [0.717, 1.165) is 38.9 Å². The van der Waals surface area contributed by atoms with Gasteiger partial charge in [0.05, 0.1) is 0 Å². The van der Waals surface area contributed by atoms with Crippen LogP contribution in [0, 0.1) is 5.92 Å². The molecule has 1 aromatic heterocycles. The molecule has 2 amide bonds. The molecule has 0 unspecified atom stereocenters. The van der Waals surface area contributed by atoms with Crippen LogP contribution in [0.2, 0.25) is 0 Å². The predicted molar refractivity (Wildman–Crippen MR) is 97.6 cm³/mol. The van der Waals surface area contributed by atoms with Crippen molar-refractivity contribution in [2.24, 2.45) is 5.92 Å². The monoisotopic (exact) mass is 342 g/mol. The van der Waals surface area contributed by atoms with Crippen LogP contribution in [0.4, 0.5) is 10.6 Å². The van der Waals surface area contributed by atoms with Gasteiger partial charge in [0.1, 0.15) is 0 Å². The molecule has 0 radical (unpaired) electrons. The number of nitrogens with zero attached hydrogens (tertiary/aromatic N) is 3. The van der Waals surface area contributed by atoms with Crippen LogP contribution in [0.3, 0.4) is 0 Å². The van der Waals surface area contributed by atoms with E-state index in [4.69, 9.17) is 4.74 Å². The van der Waals surface area contributed by atoms with Gasteiger partial charge in [-0.1, -0.05) is 30.3 Å². The maximum Gasteiger partial charge on any atom is 0.323 e. The minimum absolute atomic E-state index is 0.0577. The SMILES string of the molecule is COCCCn1ccc(NC(=O)N2CC[C@H](Cc3ccccc3)C2)n1. The molecule has 134 valence electrons. The van der Waals surface area contributed by atoms with Crippen molar-refractivity contribution in [3.05, 3.63) is 48.2 Å². The van der Waals surface area contributed by atoms with Crippen LogP contribution in [0.25, 0.3) is 0 Å². The molecule has 1 aromatic carbocycles. The Hall–Kier alpha value is -2.34. The van der Waals surface area contributed by atoms with Gasteiger partial charge in [0.25, 0.3) is 0 Å². The summed E-state index contributed by atoms with van der Waals surface area (Å²) in [7, 11) is 1.69. The van der Waals surface area contributed by atoms with Crippen molar-refractivity contribution in [2.45, 2.75) is 25.8 Å². The van der Waals surface area contributed by atoms with Crippen molar-refractivity contribution in [1.82, 2.24) is 14.7 Å². The van der Waals surface area contributed by atoms with E-state index in [9.17, 15) is 4.79 Å². The number of aryl methyl sites for hydroxylation is 1. The van der Waals surface area contributed by atoms with E-state index in [2.05, 4.69) is 34.7 Å². The third-order valence-corrected chi connectivity index (χ3v) is 4.55. The number of hydrogen-bond donors (Lipinski definition) is 1. The quantitative estimate of drug-likeness (QED) is 0.787. The zero-order chi connectivity index (χ0) is 17.5. The van der Waals surface area contributed by atoms with Crippen LogP contribution in [0.1, 0.15) is 18.4 Å². The largest absolute Gasteiger partial charge is 0.385 e. The van der Waals surface area contributed by atoms with Gasteiger partial charge in [-0.15, -0.1) is 0 Å². The lowest BCUT2D eigenvalue weighted by atomic mass is 9.99. The molecule has 1 aliphatic heterocycles. The number of aromatic nitrogens is 2. The van der Waals surface area contributed by atoms with Crippen molar-refractivity contribution in [3.8, 4) is 0 Å². The Kier molecular flexibility index (Phi) is 6.06. The second-order valence-electron chi connectivity index (χ2n) is 6.53. The highest BCUT2D eigenvalue weighted by Crippen LogP contribution is 2.21. The Morgan fingerprint density at radius 3 is 2.96 bits per heavy atom. The fraction of sp³-hybridized carbons (Fsp3) is 0.474. The van der Waals surface area contributed by atoms with Crippen molar-refractivity contribution in [3.63, 3.8) is 0 Å². The third kappa shape index (κ3) is 5.06. The van der Waals surface area contributed by atoms with Gasteiger partial charge in [0, 0.05) is 45.6 Å². The topological polar surface area (TPSA) is 59.4 Å². The van der Waals surface area contributed by atoms with E-state index in [1.165, 1.54) is 5.56 Å². The molecule has 6 heteroatoms. The van der Waals surface area contributed by atoms with Gasteiger partial charge < -0.3 is 9.64 Å². The van der Waals surface area contributed by atoms with E-state index in [0.29, 0.717) is 18.3 Å². The van der Waals surface area contributed by atoms with Crippen molar-refractivity contribution in [2.75, 3.05) is 32.1 Å². The molecular weight excluding hydrogens is 316 g/mol. The molecule has 0 saturated carbocycles. The molecule has 2 heterocycles. The highest BCUT2D eigenvalue weighted by molar-refractivity contribution is 5.88. The second kappa shape index (κ2) is 8.67. The Balaban J connectivity index is 1.46. The first-order valence-electron chi connectivity index (χ1n) is 8.87. The molecule has 6 nitrogen and oxygen atoms in total. The van der Waals surface area contributed by atoms with E-state index in [1.54, 1.807) is 7.11 Å². The minimum Gasteiger partial charge on any atom is -0.385 e. The molecule has 1 N–H and O–H groups in total. The molecule has 25 heavy (non-hydrogen) atoms. The van der Waals surface area contributed by atoms with Crippen molar-refractivity contribution in [1.29, 1.82) is 0 Å². The molecule has 1 saturated heterocycles. The van der Waals surface area contributed by atoms with Gasteiger partial charge in [-0.25, -0.2) is 4.79 Å². The fourth-order valence-corrected chi connectivity index (χ4v) is 3.24. The van der Waals surface area contributed by atoms with Gasteiger partial charge >= 0.3 is 6.03 Å². The van der Waals surface area contributed by atoms with E-state index in [-0.39, 0.29) is 6.03 Å². The Morgan fingerprint density at radius 1 is 1.32 bits per heavy atom. The van der Waals surface area contributed by atoms with Gasteiger partial charge in [-0.2, -0.15) is 5.10 Å². The summed E-state index contributed by atoms with van der Waals surface area (Å²) in [5, 5.41) is 7.29. The van der Waals surface area contributed by atoms with E-state index in [1.807, 2.05) is 27.9 Å². The van der Waals surface area contributed by atoms with Gasteiger partial charge in [0.15, 0.2) is 5.82 Å². The maximum atomic E-state index is 12.4. The summed E-state index contributed by atoms with van der Waals surface area (Å²) in [5.41, 5.74) is 1.34. The summed E-state index contributed by atoms with van der Waals surface area (Å²) in [5.74, 6) is 1.13. The maximum absolute atomic E-state index is 12.4. The average molecular weight is 342 g/mol. The first-order valence-corrected chi connectivity index (χ1v) is 8.87. The first kappa shape index (κ1) is 17.5. The smallest absolute Gasteiger partial charge is 0.323 e. The molecule has 3 rings (SSSR count). The van der Waals surface area contributed by atoms with Gasteiger partial charge in [-0.3, -0.25) is 10.00 Å². The number of methoxy groups -OCH3 is 1. The number of carbonyl (C=O) groups is 1. The number of benzene rings is 1. The van der Waals surface area contributed by atoms with Crippen molar-refractivity contribution < 1.29 is 9.53 Å². The summed E-state index contributed by atoms with van der Waals surface area (Å²) < 4.78 is 6.87. The third-order valence-electron chi connectivity index (χ3n) is 4.55. The Labute approximate surface area is 148 Å². The molecule has 1 aliphatic rings. The van der Waals surface area contributed by atoms with Crippen LogP contribution in [-0.2, 0) is 17.7 Å². The number of rotatable bonds is 7. The van der Waals surface area contributed by atoms with Crippen LogP contribution in [0.5, 0.6) is 0 Å². The Bertz CT molecular complexity index is 671. The van der Waals surface area contributed by atoms with Gasteiger partial charge in [-0.05, 0) is 30.7 Å². The average Bonchev–Trinajstić information content (AvgIpc) is 3.26. The summed E-state index contributed by atoms with van der Waals surface area (Å²) in [6.07, 6.45) is 4.86. The number of carbonyl (C=O) groups excluding carboxylic acids is 1. The van der Waals surface area contributed by atoms with Crippen LogP contribution in [0.15, 0.2) is 42.6 Å². The van der Waals surface area contributed by atoms with Crippen LogP contribution < -0.4 is 5.32 Å². The molecule has 0 bridgehead atoms. The number of amides is 2. The molecule has 1 fully saturated rings. The number of nitrogens with one attached hydrogen (secondary N) is 1. The summed E-state index contributed by atoms with van der Waals surface area (Å²) in [6.45, 7) is 3.10. The minimum atomic E-state index is -0.0577. The second-order valence-corrected chi connectivity index (χ2v) is 6.53. The lowest BCUT2D eigenvalue weighted by molar-refractivity contribution is 0.189. The van der Waals surface area contributed by atoms with E-state index >= 15 is 0 Å². The number of urea groups is 1. The zero-order valence-corrected chi connectivity index (χ0v) is 14.7. The zero-order valence-electron chi connectivity index (χ0n) is 14.7. The summed E-state index contributed by atoms with van der Waals surface area (Å²) in [4.78, 5) is 14.3. The molecule has 1 atom stereocenters. The normalized spacial score (nSPS) is 17.0. The number of ether oxygens (including phenoxy) is 1. The fourth-order valence-electron chi connectivity index (χ4n) is 3.24. The standard InChI is InChI=1S/C19H26N4O2/c1-25-13-5-10-23-12-9-18(21-23)20-19(24)22-11-8-17(15-22)14-16-6-3-2-4-7-16/h2-4,6-7,9,12,17H,5,8,10-11,13-15H2,1H3,(H,20,21,24)/t17-/m1/s1. The molecular formula is C19H26N4O2. The van der Waals surface area contributed by atoms with Gasteiger partial charge in [0.2, 0.25) is 0 Å². The Morgan fingerprint density at radius 2 is 2.16 bits per heavy atom. The number of anilines is 1. The molecule has 2 aromatic rings. The number of likely N-dealkylation sites (tertiary alicyclic amines) is 1. The number of hydrogen-bond acceptors (Lipinski definition) is 3. The predicted octanol–water partition coefficient (Wildman–Crippen LogP) is 3.02. The molecule has 0 spiro atoms. The lowest BCUT2D eigenvalue weighted by Crippen LogP contribution is -2.33. The van der Waals surface area contributed by atoms with Crippen molar-refractivity contribution >= 4 is 11.8 Å².